The lowest BCUT2D eigenvalue weighted by molar-refractivity contribution is 0.100. The zero-order valence-corrected chi connectivity index (χ0v) is 76.2. The number of rotatable bonds is 17. The van der Waals surface area contributed by atoms with Crippen LogP contribution in [0.1, 0.15) is 63.0 Å². The third-order valence-electron chi connectivity index (χ3n) is 24.0. The van der Waals surface area contributed by atoms with Gasteiger partial charge in [0.2, 0.25) is 0 Å². The number of aryl methyl sites for hydroxylation is 2. The molecule has 648 valence electrons. The second kappa shape index (κ2) is 42.9. The molecule has 0 aliphatic heterocycles. The molecule has 21 aromatic rings. The van der Waals surface area contributed by atoms with Gasteiger partial charge in [-0.3, -0.25) is 14.4 Å². The first-order chi connectivity index (χ1) is 65.0. The van der Waals surface area contributed by atoms with E-state index in [1.54, 1.807) is 20.8 Å². The molecule has 0 N–H and O–H groups in total. The maximum Gasteiger partial charge on any atom is 0.159 e. The molecule has 0 saturated heterocycles. The summed E-state index contributed by atoms with van der Waals surface area (Å²) >= 11 is 0. The van der Waals surface area contributed by atoms with Gasteiger partial charge in [0.15, 0.2) is 17.3 Å². The molecule has 0 radical (unpaired) electrons. The molecular formula is C125H105N5O3. The van der Waals surface area contributed by atoms with Gasteiger partial charge in [0, 0.05) is 105 Å². The average Bonchev–Trinajstić information content (AvgIpc) is 1.59. The van der Waals surface area contributed by atoms with Crippen LogP contribution in [0.5, 0.6) is 0 Å². The summed E-state index contributed by atoms with van der Waals surface area (Å²) in [5.41, 5.74) is 32.7. The average molecular weight is 1730 g/mol. The molecule has 0 aliphatic rings. The van der Waals surface area contributed by atoms with Crippen LogP contribution < -0.4 is 14.7 Å². The molecule has 21 rings (SSSR count). The highest BCUT2D eigenvalue weighted by Crippen LogP contribution is 2.40. The highest BCUT2D eigenvalue weighted by Gasteiger charge is 2.19. The van der Waals surface area contributed by atoms with Gasteiger partial charge in [-0.2, -0.15) is 0 Å². The number of fused-ring (bicyclic) bond motifs is 6. The summed E-state index contributed by atoms with van der Waals surface area (Å²) < 4.78 is 4.79. The molecule has 19 aromatic carbocycles. The van der Waals surface area contributed by atoms with Gasteiger partial charge in [-0.15, -0.1) is 0 Å². The van der Waals surface area contributed by atoms with E-state index in [-0.39, 0.29) is 17.3 Å². The second-order valence-corrected chi connectivity index (χ2v) is 33.0. The van der Waals surface area contributed by atoms with E-state index in [0.29, 0.717) is 0 Å². The van der Waals surface area contributed by atoms with Crippen molar-refractivity contribution < 1.29 is 14.4 Å². The van der Waals surface area contributed by atoms with Gasteiger partial charge in [0.25, 0.3) is 0 Å². The predicted molar refractivity (Wildman–Crippen MR) is 563 cm³/mol. The first-order valence-electron chi connectivity index (χ1n) is 45.0. The number of hydrogen-bond donors (Lipinski definition) is 0. The van der Waals surface area contributed by atoms with Crippen LogP contribution in [-0.2, 0) is 0 Å². The van der Waals surface area contributed by atoms with Crippen molar-refractivity contribution in [3.05, 3.63) is 519 Å². The number of carbonyl (C=O) groups is 3. The van der Waals surface area contributed by atoms with Crippen molar-refractivity contribution in [1.82, 2.24) is 9.13 Å². The Balaban J connectivity index is 0.000000131. The number of anilines is 6. The van der Waals surface area contributed by atoms with E-state index < -0.39 is 0 Å². The molecule has 2 aromatic heterocycles. The quantitative estimate of drug-likeness (QED) is 0.0846. The lowest BCUT2D eigenvalue weighted by Gasteiger charge is -2.21. The minimum absolute atomic E-state index is 0.0879. The predicted octanol–water partition coefficient (Wildman–Crippen LogP) is 32.8. The molecule has 2 heterocycles. The number of ketones is 3. The molecule has 0 aliphatic carbocycles. The van der Waals surface area contributed by atoms with Crippen molar-refractivity contribution >= 4 is 95.1 Å². The summed E-state index contributed by atoms with van der Waals surface area (Å²) in [6.45, 7) is 9.00. The van der Waals surface area contributed by atoms with E-state index in [1.165, 1.54) is 99.7 Å². The van der Waals surface area contributed by atoms with E-state index >= 15 is 0 Å². The molecule has 133 heavy (non-hydrogen) atoms. The van der Waals surface area contributed by atoms with Crippen molar-refractivity contribution in [2.45, 2.75) is 34.6 Å². The molecule has 0 bridgehead atoms. The molecular weight excluding hydrogens is 1620 g/mol. The Morgan fingerprint density at radius 2 is 0.398 bits per heavy atom. The van der Waals surface area contributed by atoms with Crippen LogP contribution in [0.3, 0.4) is 0 Å². The van der Waals surface area contributed by atoms with Crippen molar-refractivity contribution in [3.63, 3.8) is 0 Å². The number of carbonyl (C=O) groups excluding carboxylic acids is 3. The van der Waals surface area contributed by atoms with Gasteiger partial charge in [0.05, 0.1) is 22.1 Å². The van der Waals surface area contributed by atoms with Crippen LogP contribution in [0, 0.1) is 13.8 Å². The van der Waals surface area contributed by atoms with E-state index in [9.17, 15) is 14.4 Å². The van der Waals surface area contributed by atoms with Gasteiger partial charge in [-0.1, -0.05) is 345 Å². The van der Waals surface area contributed by atoms with Crippen LogP contribution in [0.4, 0.5) is 34.1 Å². The molecule has 0 saturated carbocycles. The maximum absolute atomic E-state index is 11.8. The summed E-state index contributed by atoms with van der Waals surface area (Å²) in [5, 5.41) is 5.04. The van der Waals surface area contributed by atoms with Crippen LogP contribution in [0.2, 0.25) is 0 Å². The Bertz CT molecular complexity index is 6910. The van der Waals surface area contributed by atoms with E-state index in [4.69, 9.17) is 0 Å². The molecule has 0 unspecified atom stereocenters. The van der Waals surface area contributed by atoms with Crippen molar-refractivity contribution in [1.29, 1.82) is 0 Å². The molecule has 8 heteroatoms. The summed E-state index contributed by atoms with van der Waals surface area (Å²) in [4.78, 5) is 40.9. The first-order valence-corrected chi connectivity index (χ1v) is 45.0. The zero-order valence-electron chi connectivity index (χ0n) is 76.2. The van der Waals surface area contributed by atoms with E-state index in [2.05, 4.69) is 411 Å². The maximum atomic E-state index is 11.8. The molecule has 0 amide bonds. The van der Waals surface area contributed by atoms with Crippen LogP contribution in [0.15, 0.2) is 491 Å². The summed E-state index contributed by atoms with van der Waals surface area (Å²) in [5.74, 6) is 0.297. The monoisotopic (exact) mass is 1720 g/mol. The number of hydrogen-bond acceptors (Lipinski definition) is 6. The van der Waals surface area contributed by atoms with Gasteiger partial charge >= 0.3 is 0 Å². The van der Waals surface area contributed by atoms with Crippen LogP contribution in [0.25, 0.3) is 122 Å². The van der Waals surface area contributed by atoms with Crippen molar-refractivity contribution in [2.24, 2.45) is 0 Å². The Kier molecular flexibility index (Phi) is 28.9. The van der Waals surface area contributed by atoms with Crippen molar-refractivity contribution in [2.75, 3.05) is 35.8 Å². The molecule has 0 atom stereocenters. The number of para-hydroxylation sites is 4. The highest BCUT2D eigenvalue weighted by atomic mass is 16.1. The Labute approximate surface area is 781 Å². The van der Waals surface area contributed by atoms with Crippen LogP contribution in [-0.4, -0.2) is 47.6 Å². The second-order valence-electron chi connectivity index (χ2n) is 33.0. The van der Waals surface area contributed by atoms with E-state index in [1.807, 2.05) is 140 Å². The Morgan fingerprint density at radius 3 is 0.662 bits per heavy atom. The number of nitrogens with zero attached hydrogens (tertiary/aromatic N) is 5. The minimum atomic E-state index is 0.0879. The van der Waals surface area contributed by atoms with Crippen molar-refractivity contribution in [3.8, 4) is 78.1 Å². The summed E-state index contributed by atoms with van der Waals surface area (Å²) in [7, 11) is 6.31. The zero-order chi connectivity index (χ0) is 91.9. The third-order valence-corrected chi connectivity index (χ3v) is 24.0. The van der Waals surface area contributed by atoms with E-state index in [0.717, 1.165) is 83.9 Å². The SMILES string of the molecule is CC(=O)c1cc(-c2ccccc2)cc(-c2ccccc2)c1.CC(=O)c1cc(-c2ccccc2)cc(-c2ccccc2)c1.CC(=O)c1ccccc1.CN(c1ccc(-n2c3ccccc3c3ccc(-c4ccccc4)cc32)cc1)c1ccc(-n2c3ccccc3c3ccc(-c4ccccc4)cc32)cc1.CN(c1ccccc1)c1ccccc1.Cc1ccc(N(C)c2ccc(C)cc2)cc1. The highest BCUT2D eigenvalue weighted by molar-refractivity contribution is 6.12. The van der Waals surface area contributed by atoms with Crippen LogP contribution >= 0.6 is 0 Å². The fourth-order valence-electron chi connectivity index (χ4n) is 16.6. The standard InChI is InChI=1S/C49H35N3.2C20H16O.C15H17N.C13H13N.C8H8O/c1-50(38-22-26-40(27-23-38)51-46-18-10-8-16-42(46)44-30-20-36(32-48(44)51)34-12-4-2-5-13-34)39-24-28-41(29-25-39)52-47-19-11-9-17-43(47)45-31-21-37(33-49(45)52)35-14-6-3-7-15-35;2*1-15(21)18-12-19(16-8-4-2-5-9-16)14-20(13-18)17-10-6-3-7-11-17;1-12-4-8-14(9-5-12)16(3)15-10-6-13(2)7-11-15;1-14(12-8-4-2-5-9-12)13-10-6-3-7-11-13;1-7(9)8-5-3-2-4-6-8/h2-33H,1H3;2*2-14H,1H3;4-11H,1-3H3;2-11H,1H3;2-6H,1H3. The van der Waals surface area contributed by atoms with Gasteiger partial charge in [0.1, 0.15) is 0 Å². The smallest absolute Gasteiger partial charge is 0.159 e. The third kappa shape index (κ3) is 22.0. The van der Waals surface area contributed by atoms with Gasteiger partial charge in [-0.05, 0) is 259 Å². The normalized spacial score (nSPS) is 10.6. The fourth-order valence-corrected chi connectivity index (χ4v) is 16.6. The van der Waals surface area contributed by atoms with Gasteiger partial charge < -0.3 is 23.8 Å². The first kappa shape index (κ1) is 89.6. The Hall–Kier alpha value is -16.8. The molecule has 8 nitrogen and oxygen atoms in total. The fraction of sp³-hybridized carbons (Fsp3) is 0.0640. The number of benzene rings is 19. The summed E-state index contributed by atoms with van der Waals surface area (Å²) in [6, 6.07) is 170. The van der Waals surface area contributed by atoms with Gasteiger partial charge in [-0.25, -0.2) is 0 Å². The topological polar surface area (TPSA) is 70.8 Å². The largest absolute Gasteiger partial charge is 0.345 e. The summed E-state index contributed by atoms with van der Waals surface area (Å²) in [6.07, 6.45) is 0. The lowest BCUT2D eigenvalue weighted by atomic mass is 9.95. The number of Topliss-reactive ketones (excluding diaryl/α,β-unsaturated/α-hetero) is 3. The lowest BCUT2D eigenvalue weighted by Crippen LogP contribution is -2.09. The molecule has 0 fully saturated rings. The minimum Gasteiger partial charge on any atom is -0.345 e. The number of aromatic nitrogens is 2. The Morgan fingerprint density at radius 1 is 0.180 bits per heavy atom. The molecule has 0 spiro atoms.